The van der Waals surface area contributed by atoms with Crippen LogP contribution in [-0.2, 0) is 0 Å². The fraction of sp³-hybridized carbons (Fsp3) is 0.692. The Labute approximate surface area is 108 Å². The van der Waals surface area contributed by atoms with Crippen LogP contribution in [0.15, 0.2) is 6.33 Å². The first kappa shape index (κ1) is 12.6. The van der Waals surface area contributed by atoms with Crippen LogP contribution in [0.25, 0.3) is 0 Å². The molecule has 1 aliphatic carbocycles. The monoisotopic (exact) mass is 254 g/mol. The van der Waals surface area contributed by atoms with Gasteiger partial charge in [0, 0.05) is 5.56 Å². The highest BCUT2D eigenvalue weighted by molar-refractivity contribution is 6.30. The summed E-state index contributed by atoms with van der Waals surface area (Å²) in [6.45, 7) is 4.15. The van der Waals surface area contributed by atoms with Gasteiger partial charge in [-0.2, -0.15) is 0 Å². The lowest BCUT2D eigenvalue weighted by Gasteiger charge is -2.28. The molecule has 0 N–H and O–H groups in total. The highest BCUT2D eigenvalue weighted by atomic mass is 35.5. The summed E-state index contributed by atoms with van der Waals surface area (Å²) in [4.78, 5) is 8.10. The van der Waals surface area contributed by atoms with Crippen LogP contribution < -0.4 is 4.74 Å². The molecule has 0 bridgehead atoms. The Kier molecular flexibility index (Phi) is 4.21. The van der Waals surface area contributed by atoms with Gasteiger partial charge in [0.25, 0.3) is 0 Å². The molecule has 2 atom stereocenters. The quantitative estimate of drug-likeness (QED) is 0.770. The van der Waals surface area contributed by atoms with E-state index in [1.807, 2.05) is 6.92 Å². The van der Waals surface area contributed by atoms with Crippen molar-refractivity contribution in [1.82, 2.24) is 9.97 Å². The van der Waals surface area contributed by atoms with Gasteiger partial charge in [0.1, 0.15) is 17.6 Å². The van der Waals surface area contributed by atoms with E-state index in [1.165, 1.54) is 25.6 Å². The molecule has 0 aromatic carbocycles. The van der Waals surface area contributed by atoms with E-state index >= 15 is 0 Å². The van der Waals surface area contributed by atoms with Crippen molar-refractivity contribution in [3.63, 3.8) is 0 Å². The van der Waals surface area contributed by atoms with Crippen molar-refractivity contribution in [2.45, 2.75) is 52.1 Å². The summed E-state index contributed by atoms with van der Waals surface area (Å²) in [6.07, 6.45) is 7.84. The minimum atomic E-state index is 0.290. The predicted molar refractivity (Wildman–Crippen MR) is 68.4 cm³/mol. The van der Waals surface area contributed by atoms with Crippen molar-refractivity contribution in [2.75, 3.05) is 0 Å². The third-order valence-electron chi connectivity index (χ3n) is 3.57. The summed E-state index contributed by atoms with van der Waals surface area (Å²) in [5, 5.41) is 0.484. The lowest BCUT2D eigenvalue weighted by atomic mass is 9.85. The lowest BCUT2D eigenvalue weighted by Crippen LogP contribution is -2.25. The number of hydrogen-bond donors (Lipinski definition) is 0. The molecular formula is C13H19ClN2O. The van der Waals surface area contributed by atoms with Crippen LogP contribution in [0.2, 0.25) is 5.15 Å². The smallest absolute Gasteiger partial charge is 0.221 e. The van der Waals surface area contributed by atoms with Gasteiger partial charge in [-0.05, 0) is 32.1 Å². The molecule has 3 nitrogen and oxygen atoms in total. The Bertz CT molecular complexity index is 384. The molecule has 0 amide bonds. The Morgan fingerprint density at radius 1 is 1.41 bits per heavy atom. The van der Waals surface area contributed by atoms with Gasteiger partial charge in [-0.1, -0.05) is 31.4 Å². The van der Waals surface area contributed by atoms with Gasteiger partial charge in [-0.3, -0.25) is 0 Å². The first-order chi connectivity index (χ1) is 8.20. The molecular weight excluding hydrogens is 236 g/mol. The Hall–Kier alpha value is -0.830. The Morgan fingerprint density at radius 2 is 2.24 bits per heavy atom. The number of rotatable bonds is 3. The van der Waals surface area contributed by atoms with Crippen molar-refractivity contribution < 1.29 is 4.74 Å². The molecule has 1 heterocycles. The minimum absolute atomic E-state index is 0.290. The molecule has 1 fully saturated rings. The standard InChI is InChI=1S/C13H19ClN2O/c1-3-10-5-4-6-11(7-10)17-13-9(2)12(14)15-8-16-13/h8,10-11H,3-7H2,1-2H3. The number of ether oxygens (including phenoxy) is 1. The van der Waals surface area contributed by atoms with Crippen molar-refractivity contribution in [1.29, 1.82) is 0 Å². The largest absolute Gasteiger partial charge is 0.474 e. The normalized spacial score (nSPS) is 24.6. The number of aromatic nitrogens is 2. The molecule has 2 rings (SSSR count). The zero-order chi connectivity index (χ0) is 12.3. The molecule has 0 spiro atoms. The van der Waals surface area contributed by atoms with E-state index in [9.17, 15) is 0 Å². The van der Waals surface area contributed by atoms with E-state index < -0.39 is 0 Å². The molecule has 0 radical (unpaired) electrons. The van der Waals surface area contributed by atoms with E-state index in [0.717, 1.165) is 24.3 Å². The first-order valence-corrected chi connectivity index (χ1v) is 6.72. The number of hydrogen-bond acceptors (Lipinski definition) is 3. The number of halogens is 1. The fourth-order valence-corrected chi connectivity index (χ4v) is 2.53. The van der Waals surface area contributed by atoms with Crippen molar-refractivity contribution in [3.8, 4) is 5.88 Å². The summed E-state index contributed by atoms with van der Waals surface area (Å²) < 4.78 is 5.96. The second-order valence-electron chi connectivity index (χ2n) is 4.78. The van der Waals surface area contributed by atoms with Crippen LogP contribution in [-0.4, -0.2) is 16.1 Å². The average molecular weight is 255 g/mol. The molecule has 4 heteroatoms. The molecule has 0 aliphatic heterocycles. The maximum Gasteiger partial charge on any atom is 0.221 e. The second kappa shape index (κ2) is 5.67. The molecule has 94 valence electrons. The molecule has 1 aliphatic rings. The maximum absolute atomic E-state index is 5.96. The van der Waals surface area contributed by atoms with Crippen molar-refractivity contribution in [3.05, 3.63) is 17.0 Å². The fourth-order valence-electron chi connectivity index (χ4n) is 2.41. The van der Waals surface area contributed by atoms with E-state index in [1.54, 1.807) is 0 Å². The molecule has 17 heavy (non-hydrogen) atoms. The Balaban J connectivity index is 2.02. The topological polar surface area (TPSA) is 35.0 Å². The van der Waals surface area contributed by atoms with Crippen LogP contribution in [0, 0.1) is 12.8 Å². The third-order valence-corrected chi connectivity index (χ3v) is 3.95. The number of nitrogens with zero attached hydrogens (tertiary/aromatic N) is 2. The van der Waals surface area contributed by atoms with E-state index in [2.05, 4.69) is 16.9 Å². The molecule has 1 aromatic rings. The van der Waals surface area contributed by atoms with Crippen LogP contribution in [0.3, 0.4) is 0 Å². The Morgan fingerprint density at radius 3 is 3.00 bits per heavy atom. The van der Waals surface area contributed by atoms with Crippen LogP contribution in [0.4, 0.5) is 0 Å². The maximum atomic E-state index is 5.96. The van der Waals surface area contributed by atoms with Gasteiger partial charge in [0.2, 0.25) is 5.88 Å². The predicted octanol–water partition coefficient (Wildman–Crippen LogP) is 3.79. The van der Waals surface area contributed by atoms with E-state index in [0.29, 0.717) is 17.1 Å². The zero-order valence-electron chi connectivity index (χ0n) is 10.4. The highest BCUT2D eigenvalue weighted by Gasteiger charge is 2.23. The summed E-state index contributed by atoms with van der Waals surface area (Å²) in [6, 6.07) is 0. The van der Waals surface area contributed by atoms with Gasteiger partial charge in [0.15, 0.2) is 0 Å². The molecule has 1 saturated carbocycles. The van der Waals surface area contributed by atoms with Crippen LogP contribution in [0.5, 0.6) is 5.88 Å². The average Bonchev–Trinajstić information content (AvgIpc) is 2.35. The minimum Gasteiger partial charge on any atom is -0.474 e. The van der Waals surface area contributed by atoms with Crippen LogP contribution in [0.1, 0.15) is 44.6 Å². The second-order valence-corrected chi connectivity index (χ2v) is 5.13. The third kappa shape index (κ3) is 3.09. The molecule has 1 aromatic heterocycles. The summed E-state index contributed by atoms with van der Waals surface area (Å²) >= 11 is 5.96. The van der Waals surface area contributed by atoms with Crippen molar-refractivity contribution in [2.24, 2.45) is 5.92 Å². The lowest BCUT2D eigenvalue weighted by molar-refractivity contribution is 0.116. The van der Waals surface area contributed by atoms with Gasteiger partial charge in [-0.25, -0.2) is 9.97 Å². The summed E-state index contributed by atoms with van der Waals surface area (Å²) in [5.41, 5.74) is 0.841. The van der Waals surface area contributed by atoms with E-state index in [-0.39, 0.29) is 0 Å². The van der Waals surface area contributed by atoms with Gasteiger partial charge in [0.05, 0.1) is 0 Å². The van der Waals surface area contributed by atoms with Gasteiger partial charge < -0.3 is 4.74 Å². The van der Waals surface area contributed by atoms with E-state index in [4.69, 9.17) is 16.3 Å². The SMILES string of the molecule is CCC1CCCC(Oc2ncnc(Cl)c2C)C1. The van der Waals surface area contributed by atoms with Gasteiger partial charge >= 0.3 is 0 Å². The van der Waals surface area contributed by atoms with Crippen LogP contribution >= 0.6 is 11.6 Å². The summed E-state index contributed by atoms with van der Waals surface area (Å²) in [7, 11) is 0. The zero-order valence-corrected chi connectivity index (χ0v) is 11.2. The first-order valence-electron chi connectivity index (χ1n) is 6.34. The summed E-state index contributed by atoms with van der Waals surface area (Å²) in [5.74, 6) is 1.44. The molecule has 2 unspecified atom stereocenters. The molecule has 0 saturated heterocycles. The highest BCUT2D eigenvalue weighted by Crippen LogP contribution is 2.30. The van der Waals surface area contributed by atoms with Gasteiger partial charge in [-0.15, -0.1) is 0 Å². The van der Waals surface area contributed by atoms with Crippen molar-refractivity contribution >= 4 is 11.6 Å².